The Balaban J connectivity index is 2.44. The van der Waals surface area contributed by atoms with Crippen molar-refractivity contribution in [1.82, 2.24) is 10.3 Å². The van der Waals surface area contributed by atoms with Crippen molar-refractivity contribution in [2.75, 3.05) is 7.11 Å². The predicted octanol–water partition coefficient (Wildman–Crippen LogP) is 1.10. The standard InChI is InChI=1S/C11H16N2O5/c1-7(2)9(10(14)16-3)13-11(15)17-5-8-4-12-6-18-8/h4,6-7,9H,5H2,1-3H3,(H,13,15)/t9-/m0/s1. The van der Waals surface area contributed by atoms with Gasteiger partial charge < -0.3 is 19.2 Å². The predicted molar refractivity (Wildman–Crippen MR) is 60.5 cm³/mol. The second-order valence-corrected chi connectivity index (χ2v) is 3.93. The van der Waals surface area contributed by atoms with E-state index in [-0.39, 0.29) is 12.5 Å². The summed E-state index contributed by atoms with van der Waals surface area (Å²) in [5.41, 5.74) is 0. The zero-order valence-electron chi connectivity index (χ0n) is 10.5. The molecule has 0 aromatic carbocycles. The SMILES string of the molecule is COC(=O)[C@@H](NC(=O)OCc1cnco1)C(C)C. The molecule has 0 unspecified atom stereocenters. The molecule has 0 saturated heterocycles. The van der Waals surface area contributed by atoms with Crippen LogP contribution in [0.5, 0.6) is 0 Å². The molecule has 0 saturated carbocycles. The minimum absolute atomic E-state index is 0.0438. The normalized spacial score (nSPS) is 12.0. The maximum absolute atomic E-state index is 11.5. The molecule has 1 N–H and O–H groups in total. The van der Waals surface area contributed by atoms with E-state index in [2.05, 4.69) is 15.0 Å². The lowest BCUT2D eigenvalue weighted by molar-refractivity contribution is -0.144. The molecule has 1 aromatic heterocycles. The number of oxazole rings is 1. The first-order chi connectivity index (χ1) is 8.54. The Morgan fingerprint density at radius 3 is 2.72 bits per heavy atom. The fourth-order valence-electron chi connectivity index (χ4n) is 1.24. The van der Waals surface area contributed by atoms with Crippen LogP contribution in [0.15, 0.2) is 17.0 Å². The molecule has 0 bridgehead atoms. The molecule has 1 aromatic rings. The lowest BCUT2D eigenvalue weighted by Crippen LogP contribution is -2.45. The van der Waals surface area contributed by atoms with Crippen molar-refractivity contribution in [3.8, 4) is 0 Å². The van der Waals surface area contributed by atoms with E-state index in [9.17, 15) is 9.59 Å². The summed E-state index contributed by atoms with van der Waals surface area (Å²) < 4.78 is 14.4. The zero-order valence-corrected chi connectivity index (χ0v) is 10.5. The van der Waals surface area contributed by atoms with Gasteiger partial charge in [0.15, 0.2) is 18.8 Å². The van der Waals surface area contributed by atoms with E-state index in [0.29, 0.717) is 5.76 Å². The van der Waals surface area contributed by atoms with E-state index < -0.39 is 18.1 Å². The number of carbonyl (C=O) groups is 2. The molecule has 0 aliphatic carbocycles. The van der Waals surface area contributed by atoms with Gasteiger partial charge in [-0.3, -0.25) is 0 Å². The molecule has 0 aliphatic rings. The Labute approximate surface area is 104 Å². The van der Waals surface area contributed by atoms with Gasteiger partial charge in [-0.15, -0.1) is 0 Å². The van der Waals surface area contributed by atoms with E-state index >= 15 is 0 Å². The van der Waals surface area contributed by atoms with Gasteiger partial charge in [0.05, 0.1) is 13.3 Å². The number of amides is 1. The first kappa shape index (κ1) is 14.0. The maximum Gasteiger partial charge on any atom is 0.408 e. The third-order valence-corrected chi connectivity index (χ3v) is 2.22. The molecule has 0 radical (unpaired) electrons. The lowest BCUT2D eigenvalue weighted by atomic mass is 10.1. The highest BCUT2D eigenvalue weighted by atomic mass is 16.6. The van der Waals surface area contributed by atoms with Gasteiger partial charge >= 0.3 is 12.1 Å². The van der Waals surface area contributed by atoms with E-state index in [0.717, 1.165) is 0 Å². The van der Waals surface area contributed by atoms with Crippen LogP contribution in [-0.4, -0.2) is 30.2 Å². The van der Waals surface area contributed by atoms with Crippen LogP contribution in [0, 0.1) is 5.92 Å². The molecule has 1 atom stereocenters. The topological polar surface area (TPSA) is 90.7 Å². The van der Waals surface area contributed by atoms with Gasteiger partial charge in [0.2, 0.25) is 0 Å². The molecule has 0 spiro atoms. The largest absolute Gasteiger partial charge is 0.467 e. The van der Waals surface area contributed by atoms with Crippen molar-refractivity contribution in [1.29, 1.82) is 0 Å². The number of nitrogens with one attached hydrogen (secondary N) is 1. The molecule has 7 heteroatoms. The highest BCUT2D eigenvalue weighted by Gasteiger charge is 2.25. The molecule has 0 fully saturated rings. The molecule has 18 heavy (non-hydrogen) atoms. The van der Waals surface area contributed by atoms with Gasteiger partial charge in [0, 0.05) is 0 Å². The highest BCUT2D eigenvalue weighted by molar-refractivity contribution is 5.81. The van der Waals surface area contributed by atoms with Crippen LogP contribution < -0.4 is 5.32 Å². The third-order valence-electron chi connectivity index (χ3n) is 2.22. The number of nitrogens with zero attached hydrogens (tertiary/aromatic N) is 1. The van der Waals surface area contributed by atoms with Gasteiger partial charge in [0.25, 0.3) is 0 Å². The van der Waals surface area contributed by atoms with Crippen LogP contribution in [0.2, 0.25) is 0 Å². The number of rotatable bonds is 5. The van der Waals surface area contributed by atoms with E-state index in [1.165, 1.54) is 19.7 Å². The number of aromatic nitrogens is 1. The van der Waals surface area contributed by atoms with E-state index in [1.54, 1.807) is 13.8 Å². The Kier molecular flexibility index (Phi) is 5.16. The molecule has 1 amide bonds. The fourth-order valence-corrected chi connectivity index (χ4v) is 1.24. The quantitative estimate of drug-likeness (QED) is 0.793. The Hall–Kier alpha value is -2.05. The van der Waals surface area contributed by atoms with Crippen molar-refractivity contribution < 1.29 is 23.5 Å². The number of esters is 1. The summed E-state index contributed by atoms with van der Waals surface area (Å²) in [5, 5.41) is 2.43. The summed E-state index contributed by atoms with van der Waals surface area (Å²) in [7, 11) is 1.26. The summed E-state index contributed by atoms with van der Waals surface area (Å²) in [4.78, 5) is 26.5. The average Bonchev–Trinajstić information content (AvgIpc) is 2.85. The number of hydrogen-bond acceptors (Lipinski definition) is 6. The minimum Gasteiger partial charge on any atom is -0.467 e. The number of carbonyl (C=O) groups excluding carboxylic acids is 2. The Morgan fingerprint density at radius 1 is 1.50 bits per heavy atom. The van der Waals surface area contributed by atoms with Crippen molar-refractivity contribution in [2.45, 2.75) is 26.5 Å². The number of ether oxygens (including phenoxy) is 2. The second kappa shape index (κ2) is 6.63. The van der Waals surface area contributed by atoms with Crippen LogP contribution in [-0.2, 0) is 20.9 Å². The van der Waals surface area contributed by atoms with Gasteiger partial charge in [-0.1, -0.05) is 13.8 Å². The number of methoxy groups -OCH3 is 1. The zero-order chi connectivity index (χ0) is 13.5. The molecular formula is C11H16N2O5. The van der Waals surface area contributed by atoms with E-state index in [4.69, 9.17) is 9.15 Å². The maximum atomic E-state index is 11.5. The van der Waals surface area contributed by atoms with Crippen LogP contribution in [0.25, 0.3) is 0 Å². The first-order valence-electron chi connectivity index (χ1n) is 5.43. The van der Waals surface area contributed by atoms with E-state index in [1.807, 2.05) is 0 Å². The van der Waals surface area contributed by atoms with Gasteiger partial charge in [0.1, 0.15) is 6.04 Å². The molecular weight excluding hydrogens is 240 g/mol. The molecule has 7 nitrogen and oxygen atoms in total. The summed E-state index contributed by atoms with van der Waals surface area (Å²) in [6, 6.07) is -0.739. The molecule has 100 valence electrons. The average molecular weight is 256 g/mol. The Morgan fingerprint density at radius 2 is 2.22 bits per heavy atom. The number of hydrogen-bond donors (Lipinski definition) is 1. The van der Waals surface area contributed by atoms with Gasteiger partial charge in [-0.05, 0) is 5.92 Å². The van der Waals surface area contributed by atoms with Crippen LogP contribution in [0.1, 0.15) is 19.6 Å². The lowest BCUT2D eigenvalue weighted by Gasteiger charge is -2.19. The summed E-state index contributed by atoms with van der Waals surface area (Å²) in [5.74, 6) is -0.193. The highest BCUT2D eigenvalue weighted by Crippen LogP contribution is 2.05. The number of alkyl carbamates (subject to hydrolysis) is 1. The van der Waals surface area contributed by atoms with Crippen molar-refractivity contribution in [3.63, 3.8) is 0 Å². The van der Waals surface area contributed by atoms with Crippen LogP contribution >= 0.6 is 0 Å². The first-order valence-corrected chi connectivity index (χ1v) is 5.43. The monoisotopic (exact) mass is 256 g/mol. The van der Waals surface area contributed by atoms with Crippen LogP contribution in [0.3, 0.4) is 0 Å². The Bertz CT molecular complexity index is 388. The smallest absolute Gasteiger partial charge is 0.408 e. The van der Waals surface area contributed by atoms with Crippen molar-refractivity contribution in [2.24, 2.45) is 5.92 Å². The summed E-state index contributed by atoms with van der Waals surface area (Å²) in [6.07, 6.45) is 1.96. The molecule has 1 heterocycles. The fraction of sp³-hybridized carbons (Fsp3) is 0.545. The second-order valence-electron chi connectivity index (χ2n) is 3.93. The third kappa shape index (κ3) is 4.08. The summed E-state index contributed by atoms with van der Waals surface area (Å²) in [6.45, 7) is 3.54. The molecule has 1 rings (SSSR count). The van der Waals surface area contributed by atoms with Crippen LogP contribution in [0.4, 0.5) is 4.79 Å². The minimum atomic E-state index is -0.739. The van der Waals surface area contributed by atoms with Gasteiger partial charge in [-0.25, -0.2) is 14.6 Å². The summed E-state index contributed by atoms with van der Waals surface area (Å²) >= 11 is 0. The van der Waals surface area contributed by atoms with Crippen molar-refractivity contribution >= 4 is 12.1 Å². The van der Waals surface area contributed by atoms with Gasteiger partial charge in [-0.2, -0.15) is 0 Å². The molecule has 0 aliphatic heterocycles. The van der Waals surface area contributed by atoms with Crippen molar-refractivity contribution in [3.05, 3.63) is 18.4 Å².